The van der Waals surface area contributed by atoms with E-state index in [2.05, 4.69) is 14.9 Å². The van der Waals surface area contributed by atoms with E-state index in [1.807, 2.05) is 0 Å². The summed E-state index contributed by atoms with van der Waals surface area (Å²) in [6, 6.07) is 0.0228. The van der Waals surface area contributed by atoms with Crippen molar-refractivity contribution in [3.8, 4) is 0 Å². The molecule has 0 spiro atoms. The Morgan fingerprint density at radius 2 is 2.10 bits per heavy atom. The summed E-state index contributed by atoms with van der Waals surface area (Å²) >= 11 is 0. The lowest BCUT2D eigenvalue weighted by Crippen LogP contribution is -2.49. The molecule has 0 amide bonds. The first kappa shape index (κ1) is 14.0. The third kappa shape index (κ3) is 3.02. The zero-order valence-electron chi connectivity index (χ0n) is 11.4. The number of ether oxygens (including phenoxy) is 1. The molecule has 112 valence electrons. The average Bonchev–Trinajstić information content (AvgIpc) is 2.85. The zero-order chi connectivity index (χ0) is 14.2. The van der Waals surface area contributed by atoms with Crippen molar-refractivity contribution >= 4 is 10.0 Å². The van der Waals surface area contributed by atoms with Crippen LogP contribution in [0.4, 0.5) is 0 Å². The minimum absolute atomic E-state index is 0.0228. The normalized spacial score (nSPS) is 27.6. The second-order valence-corrected chi connectivity index (χ2v) is 7.61. The van der Waals surface area contributed by atoms with Crippen molar-refractivity contribution in [1.82, 2.24) is 14.9 Å². The molecule has 1 aliphatic heterocycles. The molecule has 2 fully saturated rings. The number of hydrogen-bond acceptors (Lipinski definition) is 6. The summed E-state index contributed by atoms with van der Waals surface area (Å²) in [6.07, 6.45) is 3.40. The molecule has 3 rings (SSSR count). The van der Waals surface area contributed by atoms with Gasteiger partial charge < -0.3 is 9.15 Å². The molecule has 20 heavy (non-hydrogen) atoms. The van der Waals surface area contributed by atoms with Crippen LogP contribution in [0, 0.1) is 12.8 Å². The van der Waals surface area contributed by atoms with E-state index in [0.717, 1.165) is 25.7 Å². The van der Waals surface area contributed by atoms with Gasteiger partial charge in [-0.25, -0.2) is 13.1 Å². The van der Waals surface area contributed by atoms with E-state index in [1.54, 1.807) is 6.92 Å². The zero-order valence-corrected chi connectivity index (χ0v) is 12.2. The van der Waals surface area contributed by atoms with Crippen LogP contribution in [0.15, 0.2) is 4.42 Å². The topological polar surface area (TPSA) is 94.3 Å². The van der Waals surface area contributed by atoms with Crippen LogP contribution < -0.4 is 4.72 Å². The summed E-state index contributed by atoms with van der Waals surface area (Å²) in [6.45, 7) is 2.39. The second kappa shape index (κ2) is 5.42. The Labute approximate surface area is 118 Å². The Morgan fingerprint density at radius 1 is 1.30 bits per heavy atom. The van der Waals surface area contributed by atoms with Crippen LogP contribution in [0.2, 0.25) is 0 Å². The summed E-state index contributed by atoms with van der Waals surface area (Å²) in [4.78, 5) is 0. The fraction of sp³-hybridized carbons (Fsp3) is 0.833. The quantitative estimate of drug-likeness (QED) is 0.846. The van der Waals surface area contributed by atoms with Crippen molar-refractivity contribution in [3.63, 3.8) is 0 Å². The highest BCUT2D eigenvalue weighted by molar-refractivity contribution is 7.90. The second-order valence-electron chi connectivity index (χ2n) is 5.62. The number of aryl methyl sites for hydroxylation is 1. The highest BCUT2D eigenvalue weighted by atomic mass is 32.2. The van der Waals surface area contributed by atoms with Crippen LogP contribution >= 0.6 is 0 Å². The molecule has 1 saturated heterocycles. The number of sulfonamides is 1. The molecule has 2 heterocycles. The summed E-state index contributed by atoms with van der Waals surface area (Å²) in [5.41, 5.74) is 0. The number of rotatable bonds is 5. The number of hydrogen-bond donors (Lipinski definition) is 1. The van der Waals surface area contributed by atoms with Gasteiger partial charge in [-0.1, -0.05) is 0 Å². The predicted octanol–water partition coefficient (Wildman–Crippen LogP) is 0.407. The molecule has 7 nitrogen and oxygen atoms in total. The van der Waals surface area contributed by atoms with Crippen molar-refractivity contribution in [2.75, 3.05) is 13.2 Å². The fourth-order valence-electron chi connectivity index (χ4n) is 2.76. The van der Waals surface area contributed by atoms with Gasteiger partial charge in [0.25, 0.3) is 0 Å². The summed E-state index contributed by atoms with van der Waals surface area (Å²) in [5.74, 6) is 1.61. The molecular formula is C12H19N3O4S. The molecule has 1 aliphatic carbocycles. The first-order valence-electron chi connectivity index (χ1n) is 6.91. The third-order valence-electron chi connectivity index (χ3n) is 3.95. The summed E-state index contributed by atoms with van der Waals surface area (Å²) in [5, 5.41) is 7.42. The lowest BCUT2D eigenvalue weighted by Gasteiger charge is -2.27. The summed E-state index contributed by atoms with van der Waals surface area (Å²) < 4.78 is 37.1. The van der Waals surface area contributed by atoms with E-state index >= 15 is 0 Å². The molecule has 0 aromatic carbocycles. The van der Waals surface area contributed by atoms with E-state index < -0.39 is 10.0 Å². The van der Waals surface area contributed by atoms with Crippen molar-refractivity contribution in [2.24, 2.45) is 5.92 Å². The first-order valence-corrected chi connectivity index (χ1v) is 8.45. The van der Waals surface area contributed by atoms with Crippen molar-refractivity contribution < 1.29 is 17.6 Å². The molecule has 1 aromatic rings. The highest BCUT2D eigenvalue weighted by Crippen LogP contribution is 2.29. The highest BCUT2D eigenvalue weighted by Gasteiger charge is 2.36. The van der Waals surface area contributed by atoms with Crippen LogP contribution in [-0.2, 0) is 21.2 Å². The van der Waals surface area contributed by atoms with E-state index in [-0.39, 0.29) is 11.3 Å². The van der Waals surface area contributed by atoms with Gasteiger partial charge in [0.15, 0.2) is 0 Å². The van der Waals surface area contributed by atoms with Crippen LogP contribution in [-0.4, -0.2) is 43.1 Å². The van der Waals surface area contributed by atoms with Gasteiger partial charge in [-0.2, -0.15) is 0 Å². The van der Waals surface area contributed by atoms with Crippen molar-refractivity contribution in [2.45, 2.75) is 43.9 Å². The van der Waals surface area contributed by atoms with E-state index in [1.165, 1.54) is 0 Å². The van der Waals surface area contributed by atoms with Gasteiger partial charge in [0.2, 0.25) is 21.8 Å². The Balaban J connectivity index is 1.52. The Morgan fingerprint density at radius 3 is 2.70 bits per heavy atom. The fourth-order valence-corrected chi connectivity index (χ4v) is 4.18. The van der Waals surface area contributed by atoms with Crippen LogP contribution in [0.5, 0.6) is 0 Å². The monoisotopic (exact) mass is 301 g/mol. The van der Waals surface area contributed by atoms with Crippen LogP contribution in [0.3, 0.4) is 0 Å². The third-order valence-corrected chi connectivity index (χ3v) is 5.76. The first-order chi connectivity index (χ1) is 9.53. The molecule has 1 aromatic heterocycles. The largest absolute Gasteiger partial charge is 0.426 e. The SMILES string of the molecule is Cc1nnc(C[C@@H]2CC[C@H](NS(=O)(=O)C3COC3)C2)o1. The number of aromatic nitrogens is 2. The molecule has 0 radical (unpaired) electrons. The van der Waals surface area contributed by atoms with Crippen LogP contribution in [0.25, 0.3) is 0 Å². The van der Waals surface area contributed by atoms with Gasteiger partial charge in [0.1, 0.15) is 5.25 Å². The van der Waals surface area contributed by atoms with E-state index in [0.29, 0.717) is 30.9 Å². The van der Waals surface area contributed by atoms with Gasteiger partial charge in [-0.05, 0) is 25.2 Å². The number of nitrogens with zero attached hydrogens (tertiary/aromatic N) is 2. The average molecular weight is 301 g/mol. The molecule has 2 atom stereocenters. The standard InChI is InChI=1S/C12H19N3O4S/c1-8-13-14-12(19-8)5-9-2-3-10(4-9)15-20(16,17)11-6-18-7-11/h9-11,15H,2-7H2,1H3/t9-,10+/m1/s1. The molecular weight excluding hydrogens is 282 g/mol. The maximum Gasteiger partial charge on any atom is 0.219 e. The van der Waals surface area contributed by atoms with Gasteiger partial charge >= 0.3 is 0 Å². The van der Waals surface area contributed by atoms with E-state index in [9.17, 15) is 8.42 Å². The Bertz CT molecular complexity index is 567. The van der Waals surface area contributed by atoms with Gasteiger partial charge in [0, 0.05) is 19.4 Å². The smallest absolute Gasteiger partial charge is 0.219 e. The molecule has 0 bridgehead atoms. The van der Waals surface area contributed by atoms with Crippen molar-refractivity contribution in [3.05, 3.63) is 11.8 Å². The minimum atomic E-state index is -3.23. The van der Waals surface area contributed by atoms with Gasteiger partial charge in [-0.3, -0.25) is 0 Å². The van der Waals surface area contributed by atoms with Crippen molar-refractivity contribution in [1.29, 1.82) is 0 Å². The maximum atomic E-state index is 12.0. The van der Waals surface area contributed by atoms with E-state index in [4.69, 9.17) is 9.15 Å². The Kier molecular flexibility index (Phi) is 3.78. The lowest BCUT2D eigenvalue weighted by molar-refractivity contribution is 0.0410. The summed E-state index contributed by atoms with van der Waals surface area (Å²) in [7, 11) is -3.23. The maximum absolute atomic E-state index is 12.0. The Hall–Kier alpha value is -0.990. The van der Waals surface area contributed by atoms with Crippen LogP contribution in [0.1, 0.15) is 31.0 Å². The minimum Gasteiger partial charge on any atom is -0.426 e. The lowest BCUT2D eigenvalue weighted by atomic mass is 10.0. The molecule has 2 aliphatic rings. The molecule has 1 saturated carbocycles. The number of nitrogens with one attached hydrogen (secondary N) is 1. The molecule has 0 unspecified atom stereocenters. The molecule has 1 N–H and O–H groups in total. The molecule has 8 heteroatoms. The van der Waals surface area contributed by atoms with Gasteiger partial charge in [-0.15, -0.1) is 10.2 Å². The van der Waals surface area contributed by atoms with Gasteiger partial charge in [0.05, 0.1) is 13.2 Å². The predicted molar refractivity (Wildman–Crippen MR) is 70.5 cm³/mol.